The average molecular weight is 436 g/mol. The van der Waals surface area contributed by atoms with Crippen LogP contribution in [0.2, 0.25) is 0 Å². The second kappa shape index (κ2) is 8.41. The highest BCUT2D eigenvalue weighted by Crippen LogP contribution is 2.36. The zero-order valence-electron chi connectivity index (χ0n) is 12.3. The molecular weight excluding hydrogens is 416 g/mol. The van der Waals surface area contributed by atoms with E-state index in [1.54, 1.807) is 17.7 Å². The van der Waals surface area contributed by atoms with Gasteiger partial charge in [0.15, 0.2) is 0 Å². The number of thiophene rings is 1. The number of nitrogens with zero attached hydrogens (tertiary/aromatic N) is 3. The molecule has 0 amide bonds. The quantitative estimate of drug-likeness (QED) is 0.660. The molecule has 0 saturated heterocycles. The van der Waals surface area contributed by atoms with Gasteiger partial charge in [-0.25, -0.2) is 4.98 Å². The van der Waals surface area contributed by atoms with Crippen molar-refractivity contribution in [2.75, 3.05) is 6.54 Å². The minimum absolute atomic E-state index is 0.275. The number of halogens is 2. The number of nitrogens with one attached hydrogen (secondary N) is 1. The van der Waals surface area contributed by atoms with E-state index in [9.17, 15) is 0 Å². The number of aryl methyl sites for hydroxylation is 1. The summed E-state index contributed by atoms with van der Waals surface area (Å²) in [4.78, 5) is 5.74. The fourth-order valence-electron chi connectivity index (χ4n) is 2.15. The first-order valence-corrected chi connectivity index (χ1v) is 9.60. The first-order chi connectivity index (χ1) is 10.2. The molecule has 2 heterocycles. The Bertz CT molecular complexity index is 548. The maximum absolute atomic E-state index is 4.43. The number of hydrogen-bond donors (Lipinski definition) is 1. The fourth-order valence-corrected chi connectivity index (χ4v) is 4.32. The van der Waals surface area contributed by atoms with Crippen molar-refractivity contribution in [2.24, 2.45) is 0 Å². The van der Waals surface area contributed by atoms with Crippen LogP contribution in [0.3, 0.4) is 0 Å². The van der Waals surface area contributed by atoms with Crippen LogP contribution >= 0.6 is 43.2 Å². The molecule has 116 valence electrons. The van der Waals surface area contributed by atoms with E-state index in [1.807, 2.05) is 4.68 Å². The molecule has 0 fully saturated rings. The van der Waals surface area contributed by atoms with Gasteiger partial charge in [-0.2, -0.15) is 5.10 Å². The molecule has 1 unspecified atom stereocenters. The van der Waals surface area contributed by atoms with Crippen LogP contribution in [0.4, 0.5) is 0 Å². The van der Waals surface area contributed by atoms with Crippen molar-refractivity contribution < 1.29 is 0 Å². The molecule has 0 spiro atoms. The molecule has 0 aromatic carbocycles. The smallest absolute Gasteiger partial charge is 0.138 e. The minimum atomic E-state index is 0.275. The Morgan fingerprint density at radius 2 is 2.14 bits per heavy atom. The summed E-state index contributed by atoms with van der Waals surface area (Å²) in [6, 6.07) is 2.46. The first-order valence-electron chi connectivity index (χ1n) is 7.20. The van der Waals surface area contributed by atoms with Gasteiger partial charge in [0.05, 0.1) is 3.79 Å². The molecule has 1 N–H and O–H groups in total. The van der Waals surface area contributed by atoms with E-state index in [1.165, 1.54) is 4.88 Å². The highest BCUT2D eigenvalue weighted by molar-refractivity contribution is 9.13. The Morgan fingerprint density at radius 3 is 2.76 bits per heavy atom. The summed E-state index contributed by atoms with van der Waals surface area (Å²) < 4.78 is 4.26. The summed E-state index contributed by atoms with van der Waals surface area (Å²) in [5, 5.41) is 7.94. The molecule has 21 heavy (non-hydrogen) atoms. The Morgan fingerprint density at radius 1 is 1.33 bits per heavy atom. The monoisotopic (exact) mass is 434 g/mol. The molecule has 2 rings (SSSR count). The van der Waals surface area contributed by atoms with Gasteiger partial charge >= 0.3 is 0 Å². The summed E-state index contributed by atoms with van der Waals surface area (Å²) in [5.41, 5.74) is 0. The maximum Gasteiger partial charge on any atom is 0.138 e. The second-order valence-electron chi connectivity index (χ2n) is 4.88. The third-order valence-electron chi connectivity index (χ3n) is 3.17. The largest absolute Gasteiger partial charge is 0.309 e. The van der Waals surface area contributed by atoms with Gasteiger partial charge in [-0.15, -0.1) is 11.3 Å². The molecule has 1 atom stereocenters. The Balaban J connectivity index is 2.17. The lowest BCUT2D eigenvalue weighted by Gasteiger charge is -2.17. The Hall–Kier alpha value is -0.240. The SMILES string of the molecule is CCCNC(Cc1ncnn1CCC)c1cc(Br)c(Br)s1. The van der Waals surface area contributed by atoms with Crippen molar-refractivity contribution in [2.45, 2.75) is 45.7 Å². The van der Waals surface area contributed by atoms with Gasteiger partial charge in [-0.3, -0.25) is 4.68 Å². The van der Waals surface area contributed by atoms with Crippen LogP contribution in [0, 0.1) is 0 Å². The van der Waals surface area contributed by atoms with Crippen LogP contribution in [0.5, 0.6) is 0 Å². The summed E-state index contributed by atoms with van der Waals surface area (Å²) in [6.07, 6.45) is 4.70. The summed E-state index contributed by atoms with van der Waals surface area (Å²) in [6.45, 7) is 6.27. The van der Waals surface area contributed by atoms with Crippen molar-refractivity contribution in [1.82, 2.24) is 20.1 Å². The van der Waals surface area contributed by atoms with Crippen molar-refractivity contribution in [3.63, 3.8) is 0 Å². The molecule has 7 heteroatoms. The number of hydrogen-bond acceptors (Lipinski definition) is 4. The van der Waals surface area contributed by atoms with E-state index >= 15 is 0 Å². The third kappa shape index (κ3) is 4.61. The third-order valence-corrected chi connectivity index (χ3v) is 6.54. The molecule has 0 aliphatic rings. The lowest BCUT2D eigenvalue weighted by Crippen LogP contribution is -2.24. The normalized spacial score (nSPS) is 12.8. The van der Waals surface area contributed by atoms with E-state index < -0.39 is 0 Å². The van der Waals surface area contributed by atoms with Crippen molar-refractivity contribution in [3.05, 3.63) is 31.4 Å². The highest BCUT2D eigenvalue weighted by atomic mass is 79.9. The summed E-state index contributed by atoms with van der Waals surface area (Å²) >= 11 is 8.92. The van der Waals surface area contributed by atoms with Crippen LogP contribution in [-0.2, 0) is 13.0 Å². The van der Waals surface area contributed by atoms with Gasteiger partial charge in [-0.1, -0.05) is 13.8 Å². The van der Waals surface area contributed by atoms with E-state index in [4.69, 9.17) is 0 Å². The Kier molecular flexibility index (Phi) is 6.85. The van der Waals surface area contributed by atoms with Crippen molar-refractivity contribution >= 4 is 43.2 Å². The van der Waals surface area contributed by atoms with Crippen LogP contribution in [0.15, 0.2) is 20.7 Å². The van der Waals surface area contributed by atoms with Crippen LogP contribution < -0.4 is 5.32 Å². The van der Waals surface area contributed by atoms with Gasteiger partial charge in [0.2, 0.25) is 0 Å². The molecule has 0 bridgehead atoms. The predicted molar refractivity (Wildman–Crippen MR) is 94.8 cm³/mol. The zero-order valence-corrected chi connectivity index (χ0v) is 16.3. The molecular formula is C14H20Br2N4S. The summed E-state index contributed by atoms with van der Waals surface area (Å²) in [7, 11) is 0. The van der Waals surface area contributed by atoms with E-state index in [0.29, 0.717) is 0 Å². The summed E-state index contributed by atoms with van der Waals surface area (Å²) in [5.74, 6) is 1.05. The average Bonchev–Trinajstić information content (AvgIpc) is 3.03. The maximum atomic E-state index is 4.43. The van der Waals surface area contributed by atoms with Gasteiger partial charge < -0.3 is 5.32 Å². The van der Waals surface area contributed by atoms with Crippen LogP contribution in [0.25, 0.3) is 0 Å². The van der Waals surface area contributed by atoms with Crippen molar-refractivity contribution in [1.29, 1.82) is 0 Å². The van der Waals surface area contributed by atoms with Gasteiger partial charge in [0, 0.05) is 28.4 Å². The number of rotatable bonds is 8. The lowest BCUT2D eigenvalue weighted by atomic mass is 10.1. The molecule has 0 aliphatic carbocycles. The first kappa shape index (κ1) is 17.1. The predicted octanol–water partition coefficient (Wildman–Crippen LogP) is 4.56. The molecule has 0 aliphatic heterocycles. The molecule has 2 aromatic heterocycles. The fraction of sp³-hybridized carbons (Fsp3) is 0.571. The van der Waals surface area contributed by atoms with Crippen molar-refractivity contribution in [3.8, 4) is 0 Å². The van der Waals surface area contributed by atoms with Crippen LogP contribution in [-0.4, -0.2) is 21.3 Å². The van der Waals surface area contributed by atoms with Gasteiger partial charge in [0.25, 0.3) is 0 Å². The standard InChI is InChI=1S/C14H20Br2N4S/c1-3-5-17-11(12-7-10(15)14(16)21-12)8-13-18-9-19-20(13)6-4-2/h7,9,11,17H,3-6,8H2,1-2H3. The molecule has 2 aromatic rings. The zero-order chi connectivity index (χ0) is 15.2. The minimum Gasteiger partial charge on any atom is -0.309 e. The number of aromatic nitrogens is 3. The molecule has 4 nitrogen and oxygen atoms in total. The lowest BCUT2D eigenvalue weighted by molar-refractivity contribution is 0.493. The van der Waals surface area contributed by atoms with E-state index in [-0.39, 0.29) is 6.04 Å². The van der Waals surface area contributed by atoms with Gasteiger partial charge in [-0.05, 0) is 57.3 Å². The topological polar surface area (TPSA) is 42.7 Å². The van der Waals surface area contributed by atoms with E-state index in [0.717, 1.165) is 46.4 Å². The Labute approximate surface area is 146 Å². The highest BCUT2D eigenvalue weighted by Gasteiger charge is 2.18. The van der Waals surface area contributed by atoms with Crippen LogP contribution in [0.1, 0.15) is 43.4 Å². The van der Waals surface area contributed by atoms with Gasteiger partial charge in [0.1, 0.15) is 12.2 Å². The molecule has 0 saturated carbocycles. The molecule has 0 radical (unpaired) electrons. The second-order valence-corrected chi connectivity index (χ2v) is 8.14. The van der Waals surface area contributed by atoms with E-state index in [2.05, 4.69) is 67.2 Å².